The molecule has 0 spiro atoms. The minimum Gasteiger partial charge on any atom is -0.494 e. The van der Waals surface area contributed by atoms with Crippen molar-refractivity contribution in [3.8, 4) is 5.75 Å². The normalized spacial score (nSPS) is 11.9. The quantitative estimate of drug-likeness (QED) is 0.216. The van der Waals surface area contributed by atoms with Gasteiger partial charge in [-0.3, -0.25) is 13.9 Å². The fraction of sp³-hybridized carbons (Fsp3) is 0.355. The lowest BCUT2D eigenvalue weighted by atomic mass is 10.0. The summed E-state index contributed by atoms with van der Waals surface area (Å²) >= 11 is 12.6. The molecule has 1 N–H and O–H groups in total. The average Bonchev–Trinajstić information content (AvgIpc) is 2.95. The molecule has 42 heavy (non-hydrogen) atoms. The van der Waals surface area contributed by atoms with Crippen LogP contribution in [-0.2, 0) is 32.6 Å². The smallest absolute Gasteiger partial charge is 0.244 e. The molecule has 0 aliphatic carbocycles. The Morgan fingerprint density at radius 3 is 2.26 bits per heavy atom. The lowest BCUT2D eigenvalue weighted by Crippen LogP contribution is -2.53. The first kappa shape index (κ1) is 33.2. The van der Waals surface area contributed by atoms with Crippen LogP contribution in [0.1, 0.15) is 37.8 Å². The molecule has 11 heteroatoms. The van der Waals surface area contributed by atoms with E-state index < -0.39 is 28.5 Å². The Bertz CT molecular complexity index is 1440. The monoisotopic (exact) mass is 633 g/mol. The van der Waals surface area contributed by atoms with Gasteiger partial charge in [0.2, 0.25) is 21.8 Å². The molecule has 0 aromatic heterocycles. The van der Waals surface area contributed by atoms with Gasteiger partial charge in [0, 0.05) is 29.6 Å². The zero-order valence-electron chi connectivity index (χ0n) is 24.1. The standard InChI is InChI=1S/C31H37Cl2N3O5S/c1-4-6-18-34-31(38)29(19-23-10-8-7-9-11-23)35(21-24-12-13-25(32)20-28(24)33)30(37)22-36(42(3,39)40)26-14-16-27(17-15-26)41-5-2/h7-17,20,29H,4-6,18-19,21-22H2,1-3H3,(H,34,38). The van der Waals surface area contributed by atoms with E-state index >= 15 is 0 Å². The lowest BCUT2D eigenvalue weighted by Gasteiger charge is -2.33. The number of anilines is 1. The number of rotatable bonds is 15. The zero-order chi connectivity index (χ0) is 30.7. The Labute approximate surface area is 258 Å². The topological polar surface area (TPSA) is 96.0 Å². The molecule has 3 aromatic rings. The van der Waals surface area contributed by atoms with Crippen molar-refractivity contribution in [3.05, 3.63) is 94.0 Å². The van der Waals surface area contributed by atoms with E-state index in [0.717, 1.165) is 29.0 Å². The van der Waals surface area contributed by atoms with Crippen molar-refractivity contribution in [1.82, 2.24) is 10.2 Å². The highest BCUT2D eigenvalue weighted by Gasteiger charge is 2.33. The minimum atomic E-state index is -3.88. The molecule has 0 bridgehead atoms. The molecule has 0 aliphatic heterocycles. The fourth-order valence-electron chi connectivity index (χ4n) is 4.38. The number of carbonyl (C=O) groups is 2. The Hall–Kier alpha value is -3.27. The predicted molar refractivity (Wildman–Crippen MR) is 169 cm³/mol. The summed E-state index contributed by atoms with van der Waals surface area (Å²) in [7, 11) is -3.88. The van der Waals surface area contributed by atoms with Crippen molar-refractivity contribution in [2.75, 3.05) is 30.3 Å². The molecule has 2 amide bonds. The number of benzene rings is 3. The van der Waals surface area contributed by atoms with Crippen LogP contribution in [0.25, 0.3) is 0 Å². The third-order valence-electron chi connectivity index (χ3n) is 6.57. The third-order valence-corrected chi connectivity index (χ3v) is 8.30. The first-order chi connectivity index (χ1) is 20.0. The van der Waals surface area contributed by atoms with E-state index in [9.17, 15) is 18.0 Å². The van der Waals surface area contributed by atoms with Gasteiger partial charge in [0.05, 0.1) is 18.6 Å². The number of unbranched alkanes of at least 4 members (excludes halogenated alkanes) is 1. The van der Waals surface area contributed by atoms with E-state index in [1.54, 1.807) is 42.5 Å². The number of ether oxygens (including phenoxy) is 1. The Morgan fingerprint density at radius 2 is 1.67 bits per heavy atom. The van der Waals surface area contributed by atoms with Crippen LogP contribution >= 0.6 is 23.2 Å². The Balaban J connectivity index is 2.04. The van der Waals surface area contributed by atoms with Crippen molar-refractivity contribution in [2.24, 2.45) is 0 Å². The molecule has 3 aromatic carbocycles. The second-order valence-electron chi connectivity index (χ2n) is 9.80. The molecule has 0 heterocycles. The van der Waals surface area contributed by atoms with Crippen molar-refractivity contribution in [3.63, 3.8) is 0 Å². The van der Waals surface area contributed by atoms with Gasteiger partial charge >= 0.3 is 0 Å². The molecule has 1 unspecified atom stereocenters. The first-order valence-corrected chi connectivity index (χ1v) is 16.4. The largest absolute Gasteiger partial charge is 0.494 e. The highest BCUT2D eigenvalue weighted by Crippen LogP contribution is 2.26. The minimum absolute atomic E-state index is 0.0333. The molecule has 0 aliphatic rings. The van der Waals surface area contributed by atoms with E-state index in [1.807, 2.05) is 44.2 Å². The van der Waals surface area contributed by atoms with Crippen LogP contribution in [0.15, 0.2) is 72.8 Å². The number of amides is 2. The van der Waals surface area contributed by atoms with Gasteiger partial charge in [-0.05, 0) is 60.9 Å². The van der Waals surface area contributed by atoms with Gasteiger partial charge in [-0.25, -0.2) is 8.42 Å². The Morgan fingerprint density at radius 1 is 0.976 bits per heavy atom. The summed E-state index contributed by atoms with van der Waals surface area (Å²) in [6.07, 6.45) is 2.92. The molecule has 3 rings (SSSR count). The van der Waals surface area contributed by atoms with Crippen LogP contribution in [0.3, 0.4) is 0 Å². The molecule has 226 valence electrons. The number of hydrogen-bond donors (Lipinski definition) is 1. The van der Waals surface area contributed by atoms with Crippen LogP contribution in [-0.4, -0.2) is 57.1 Å². The van der Waals surface area contributed by atoms with Crippen LogP contribution in [0.2, 0.25) is 10.0 Å². The Kier molecular flexibility index (Phi) is 12.5. The van der Waals surface area contributed by atoms with Gasteiger partial charge in [0.15, 0.2) is 0 Å². The van der Waals surface area contributed by atoms with Crippen molar-refractivity contribution < 1.29 is 22.7 Å². The van der Waals surface area contributed by atoms with Crippen molar-refractivity contribution >= 4 is 50.7 Å². The summed E-state index contributed by atoms with van der Waals surface area (Å²) in [5, 5.41) is 3.71. The first-order valence-electron chi connectivity index (χ1n) is 13.8. The molecular formula is C31H37Cl2N3O5S. The second-order valence-corrected chi connectivity index (χ2v) is 12.6. The van der Waals surface area contributed by atoms with Gasteiger partial charge in [-0.15, -0.1) is 0 Å². The molecule has 0 saturated heterocycles. The number of nitrogens with one attached hydrogen (secondary N) is 1. The lowest BCUT2D eigenvalue weighted by molar-refractivity contribution is -0.140. The van der Waals surface area contributed by atoms with Gasteiger partial charge in [0.1, 0.15) is 18.3 Å². The van der Waals surface area contributed by atoms with Gasteiger partial charge in [-0.1, -0.05) is 72.9 Å². The number of halogens is 2. The summed E-state index contributed by atoms with van der Waals surface area (Å²) in [5.41, 5.74) is 1.71. The molecule has 0 saturated carbocycles. The average molecular weight is 635 g/mol. The van der Waals surface area contributed by atoms with Gasteiger partial charge < -0.3 is 15.0 Å². The van der Waals surface area contributed by atoms with Gasteiger partial charge in [-0.2, -0.15) is 0 Å². The maximum Gasteiger partial charge on any atom is 0.244 e. The third kappa shape index (κ3) is 9.64. The number of nitrogens with zero attached hydrogens (tertiary/aromatic N) is 2. The molecule has 0 fully saturated rings. The molecule has 8 nitrogen and oxygen atoms in total. The summed E-state index contributed by atoms with van der Waals surface area (Å²) in [6, 6.07) is 19.8. The molecular weight excluding hydrogens is 597 g/mol. The van der Waals surface area contributed by atoms with E-state index in [-0.39, 0.29) is 18.9 Å². The fourth-order valence-corrected chi connectivity index (χ4v) is 5.70. The van der Waals surface area contributed by atoms with Crippen LogP contribution in [0.5, 0.6) is 5.75 Å². The summed E-state index contributed by atoms with van der Waals surface area (Å²) in [5.74, 6) is -0.323. The van der Waals surface area contributed by atoms with Gasteiger partial charge in [0.25, 0.3) is 0 Å². The number of carbonyl (C=O) groups excluding carboxylic acids is 2. The molecule has 1 atom stereocenters. The highest BCUT2D eigenvalue weighted by molar-refractivity contribution is 7.92. The zero-order valence-corrected chi connectivity index (χ0v) is 26.4. The summed E-state index contributed by atoms with van der Waals surface area (Å²) in [4.78, 5) is 29.2. The second kappa shape index (κ2) is 15.8. The predicted octanol–water partition coefficient (Wildman–Crippen LogP) is 5.71. The summed E-state index contributed by atoms with van der Waals surface area (Å²) in [6.45, 7) is 4.22. The van der Waals surface area contributed by atoms with E-state index in [1.165, 1.54) is 4.90 Å². The SMILES string of the molecule is CCCCNC(=O)C(Cc1ccccc1)N(Cc1ccc(Cl)cc1Cl)C(=O)CN(c1ccc(OCC)cc1)S(C)(=O)=O. The van der Waals surface area contributed by atoms with Crippen LogP contribution < -0.4 is 14.4 Å². The highest BCUT2D eigenvalue weighted by atomic mass is 35.5. The maximum atomic E-state index is 14.1. The van der Waals surface area contributed by atoms with Crippen LogP contribution in [0.4, 0.5) is 5.69 Å². The number of sulfonamides is 1. The summed E-state index contributed by atoms with van der Waals surface area (Å²) < 4.78 is 32.4. The van der Waals surface area contributed by atoms with Crippen LogP contribution in [0, 0.1) is 0 Å². The number of hydrogen-bond acceptors (Lipinski definition) is 5. The van der Waals surface area contributed by atoms with Crippen molar-refractivity contribution in [1.29, 1.82) is 0 Å². The van der Waals surface area contributed by atoms with Crippen molar-refractivity contribution in [2.45, 2.75) is 45.7 Å². The maximum absolute atomic E-state index is 14.1. The van der Waals surface area contributed by atoms with E-state index in [0.29, 0.717) is 40.2 Å². The molecule has 0 radical (unpaired) electrons. The van der Waals surface area contributed by atoms with E-state index in [4.69, 9.17) is 27.9 Å². The van der Waals surface area contributed by atoms with E-state index in [2.05, 4.69) is 5.32 Å².